The van der Waals surface area contributed by atoms with Crippen LogP contribution in [0.2, 0.25) is 0 Å². The first-order valence-electron chi connectivity index (χ1n) is 6.08. The van der Waals surface area contributed by atoms with Crippen LogP contribution in [0.15, 0.2) is 42.6 Å². The SMILES string of the molecule is COc1cnc(C)cc1NCCc1ccccc1. The molecule has 0 saturated carbocycles. The van der Waals surface area contributed by atoms with Gasteiger partial charge < -0.3 is 10.1 Å². The molecule has 0 fully saturated rings. The van der Waals surface area contributed by atoms with Gasteiger partial charge in [0.1, 0.15) is 0 Å². The highest BCUT2D eigenvalue weighted by Crippen LogP contribution is 2.23. The first-order valence-corrected chi connectivity index (χ1v) is 6.08. The van der Waals surface area contributed by atoms with Crippen molar-refractivity contribution in [1.29, 1.82) is 0 Å². The van der Waals surface area contributed by atoms with Gasteiger partial charge in [0.15, 0.2) is 5.75 Å². The van der Waals surface area contributed by atoms with Gasteiger partial charge in [-0.15, -0.1) is 0 Å². The highest BCUT2D eigenvalue weighted by atomic mass is 16.5. The maximum absolute atomic E-state index is 5.28. The highest BCUT2D eigenvalue weighted by Gasteiger charge is 2.03. The zero-order valence-corrected chi connectivity index (χ0v) is 10.8. The van der Waals surface area contributed by atoms with Crippen LogP contribution in [0.3, 0.4) is 0 Å². The molecule has 0 aliphatic carbocycles. The number of aromatic nitrogens is 1. The van der Waals surface area contributed by atoms with E-state index < -0.39 is 0 Å². The summed E-state index contributed by atoms with van der Waals surface area (Å²) in [6.07, 6.45) is 2.74. The van der Waals surface area contributed by atoms with E-state index >= 15 is 0 Å². The number of pyridine rings is 1. The third kappa shape index (κ3) is 3.23. The lowest BCUT2D eigenvalue weighted by Crippen LogP contribution is -2.06. The summed E-state index contributed by atoms with van der Waals surface area (Å²) in [6, 6.07) is 12.4. The molecule has 0 unspecified atom stereocenters. The van der Waals surface area contributed by atoms with Crippen molar-refractivity contribution in [2.24, 2.45) is 0 Å². The number of ether oxygens (including phenoxy) is 1. The molecule has 2 aromatic rings. The second kappa shape index (κ2) is 6.05. The van der Waals surface area contributed by atoms with Gasteiger partial charge in [0.05, 0.1) is 19.0 Å². The maximum Gasteiger partial charge on any atom is 0.160 e. The molecule has 0 aliphatic rings. The van der Waals surface area contributed by atoms with Crippen LogP contribution in [0.5, 0.6) is 5.75 Å². The van der Waals surface area contributed by atoms with E-state index in [1.54, 1.807) is 13.3 Å². The smallest absolute Gasteiger partial charge is 0.160 e. The highest BCUT2D eigenvalue weighted by molar-refractivity contribution is 5.55. The van der Waals surface area contributed by atoms with Gasteiger partial charge in [-0.2, -0.15) is 0 Å². The summed E-state index contributed by atoms with van der Waals surface area (Å²) in [5, 5.41) is 3.39. The molecule has 1 heterocycles. The molecule has 1 aromatic heterocycles. The number of nitrogens with one attached hydrogen (secondary N) is 1. The predicted molar refractivity (Wildman–Crippen MR) is 74.2 cm³/mol. The number of benzene rings is 1. The molecule has 3 heteroatoms. The van der Waals surface area contributed by atoms with Crippen LogP contribution >= 0.6 is 0 Å². The topological polar surface area (TPSA) is 34.1 Å². The molecule has 0 amide bonds. The van der Waals surface area contributed by atoms with E-state index in [4.69, 9.17) is 4.74 Å². The van der Waals surface area contributed by atoms with Crippen LogP contribution in [0.25, 0.3) is 0 Å². The number of methoxy groups -OCH3 is 1. The summed E-state index contributed by atoms with van der Waals surface area (Å²) < 4.78 is 5.28. The lowest BCUT2D eigenvalue weighted by Gasteiger charge is -2.11. The first kappa shape index (κ1) is 12.4. The van der Waals surface area contributed by atoms with E-state index in [-0.39, 0.29) is 0 Å². The normalized spacial score (nSPS) is 10.1. The van der Waals surface area contributed by atoms with E-state index in [0.29, 0.717) is 0 Å². The largest absolute Gasteiger partial charge is 0.493 e. The first-order chi connectivity index (χ1) is 8.79. The summed E-state index contributed by atoms with van der Waals surface area (Å²) >= 11 is 0. The number of hydrogen-bond acceptors (Lipinski definition) is 3. The molecule has 1 N–H and O–H groups in total. The Balaban J connectivity index is 1.96. The Morgan fingerprint density at radius 2 is 2.00 bits per heavy atom. The lowest BCUT2D eigenvalue weighted by atomic mass is 10.1. The molecule has 0 radical (unpaired) electrons. The van der Waals surface area contributed by atoms with Gasteiger partial charge in [-0.25, -0.2) is 0 Å². The van der Waals surface area contributed by atoms with Crippen molar-refractivity contribution in [3.8, 4) is 5.75 Å². The molecule has 94 valence electrons. The molecule has 0 aliphatic heterocycles. The van der Waals surface area contributed by atoms with Crippen LogP contribution in [-0.2, 0) is 6.42 Å². The summed E-state index contributed by atoms with van der Waals surface area (Å²) in [4.78, 5) is 4.21. The molecule has 1 aromatic carbocycles. The van der Waals surface area contributed by atoms with E-state index in [2.05, 4.69) is 34.6 Å². The standard InChI is InChI=1S/C15H18N2O/c1-12-10-14(15(18-2)11-17-12)16-9-8-13-6-4-3-5-7-13/h3-7,10-11H,8-9H2,1-2H3,(H,16,17). The molecular formula is C15H18N2O. The number of hydrogen-bond donors (Lipinski definition) is 1. The van der Waals surface area contributed by atoms with Crippen molar-refractivity contribution in [1.82, 2.24) is 4.98 Å². The fourth-order valence-corrected chi connectivity index (χ4v) is 1.83. The van der Waals surface area contributed by atoms with Gasteiger partial charge in [-0.3, -0.25) is 4.98 Å². The molecule has 0 bridgehead atoms. The van der Waals surface area contributed by atoms with Crippen LogP contribution in [0.4, 0.5) is 5.69 Å². The Kier molecular flexibility index (Phi) is 4.18. The Morgan fingerprint density at radius 3 is 2.72 bits per heavy atom. The summed E-state index contributed by atoms with van der Waals surface area (Å²) in [5.41, 5.74) is 3.31. The summed E-state index contributed by atoms with van der Waals surface area (Å²) in [5.74, 6) is 0.786. The predicted octanol–water partition coefficient (Wildman–Crippen LogP) is 3.05. The minimum Gasteiger partial charge on any atom is -0.493 e. The number of nitrogens with zero attached hydrogens (tertiary/aromatic N) is 1. The van der Waals surface area contributed by atoms with E-state index in [1.165, 1.54) is 5.56 Å². The fraction of sp³-hybridized carbons (Fsp3) is 0.267. The minimum atomic E-state index is 0.786. The second-order valence-corrected chi connectivity index (χ2v) is 4.19. The van der Waals surface area contributed by atoms with Gasteiger partial charge in [0, 0.05) is 12.2 Å². The molecule has 3 nitrogen and oxygen atoms in total. The molecule has 18 heavy (non-hydrogen) atoms. The number of rotatable bonds is 5. The number of aryl methyl sites for hydroxylation is 1. The number of anilines is 1. The summed E-state index contributed by atoms with van der Waals surface area (Å²) in [7, 11) is 1.66. The van der Waals surface area contributed by atoms with E-state index in [0.717, 1.165) is 30.1 Å². The van der Waals surface area contributed by atoms with Gasteiger partial charge >= 0.3 is 0 Å². The van der Waals surface area contributed by atoms with Crippen LogP contribution < -0.4 is 10.1 Å². The zero-order chi connectivity index (χ0) is 12.8. The molecule has 2 rings (SSSR count). The fourth-order valence-electron chi connectivity index (χ4n) is 1.83. The van der Waals surface area contributed by atoms with Gasteiger partial charge in [0.25, 0.3) is 0 Å². The van der Waals surface area contributed by atoms with E-state index in [1.807, 2.05) is 19.1 Å². The van der Waals surface area contributed by atoms with Crippen LogP contribution in [0.1, 0.15) is 11.3 Å². The molecular weight excluding hydrogens is 224 g/mol. The monoisotopic (exact) mass is 242 g/mol. The molecule has 0 atom stereocenters. The average Bonchev–Trinajstić information content (AvgIpc) is 2.40. The second-order valence-electron chi connectivity index (χ2n) is 4.19. The minimum absolute atomic E-state index is 0.786. The Hall–Kier alpha value is -2.03. The van der Waals surface area contributed by atoms with Crippen molar-refractivity contribution < 1.29 is 4.74 Å². The lowest BCUT2D eigenvalue weighted by molar-refractivity contribution is 0.414. The van der Waals surface area contributed by atoms with Crippen molar-refractivity contribution >= 4 is 5.69 Å². The van der Waals surface area contributed by atoms with Gasteiger partial charge in [-0.1, -0.05) is 30.3 Å². The molecule has 0 spiro atoms. The maximum atomic E-state index is 5.28. The zero-order valence-electron chi connectivity index (χ0n) is 10.8. The van der Waals surface area contributed by atoms with Crippen molar-refractivity contribution in [2.75, 3.05) is 19.0 Å². The van der Waals surface area contributed by atoms with Crippen molar-refractivity contribution in [2.45, 2.75) is 13.3 Å². The Labute approximate surface area is 108 Å². The third-order valence-corrected chi connectivity index (χ3v) is 2.80. The third-order valence-electron chi connectivity index (χ3n) is 2.80. The summed E-state index contributed by atoms with van der Waals surface area (Å²) in [6.45, 7) is 2.85. The van der Waals surface area contributed by atoms with E-state index in [9.17, 15) is 0 Å². The average molecular weight is 242 g/mol. The molecule has 0 saturated heterocycles. The van der Waals surface area contributed by atoms with Gasteiger partial charge in [-0.05, 0) is 25.0 Å². The van der Waals surface area contributed by atoms with Crippen LogP contribution in [0, 0.1) is 6.92 Å². The Morgan fingerprint density at radius 1 is 1.22 bits per heavy atom. The van der Waals surface area contributed by atoms with Crippen molar-refractivity contribution in [3.63, 3.8) is 0 Å². The van der Waals surface area contributed by atoms with Gasteiger partial charge in [0.2, 0.25) is 0 Å². The Bertz CT molecular complexity index is 497. The quantitative estimate of drug-likeness (QED) is 0.875. The van der Waals surface area contributed by atoms with Crippen LogP contribution in [-0.4, -0.2) is 18.6 Å². The van der Waals surface area contributed by atoms with Crippen molar-refractivity contribution in [3.05, 3.63) is 53.9 Å².